The van der Waals surface area contributed by atoms with Gasteiger partial charge in [-0.2, -0.15) is 0 Å². The molecule has 1 N–H and O–H groups in total. The molecule has 1 aromatic carbocycles. The lowest BCUT2D eigenvalue weighted by atomic mass is 10.1. The highest BCUT2D eigenvalue weighted by Crippen LogP contribution is 2.21. The Kier molecular flexibility index (Phi) is 5.63. The highest BCUT2D eigenvalue weighted by atomic mass is 16.5. The van der Waals surface area contributed by atoms with Gasteiger partial charge in [-0.15, -0.1) is 0 Å². The van der Waals surface area contributed by atoms with Crippen LogP contribution >= 0.6 is 0 Å². The molecule has 1 saturated heterocycles. The molecule has 0 unspecified atom stereocenters. The molecule has 3 rings (SSSR count). The van der Waals surface area contributed by atoms with Crippen molar-refractivity contribution < 1.29 is 9.53 Å². The minimum absolute atomic E-state index is 0.0203. The molecule has 1 fully saturated rings. The molecule has 2 amide bonds. The Hall–Kier alpha value is -2.01. The van der Waals surface area contributed by atoms with Crippen molar-refractivity contribution in [1.29, 1.82) is 0 Å². The Bertz CT molecular complexity index is 604. The molecular formula is C20H29N3O2. The quantitative estimate of drug-likeness (QED) is 0.835. The van der Waals surface area contributed by atoms with E-state index in [1.54, 1.807) is 0 Å². The van der Waals surface area contributed by atoms with Gasteiger partial charge in [0.05, 0.1) is 12.1 Å². The van der Waals surface area contributed by atoms with E-state index in [4.69, 9.17) is 4.74 Å². The van der Waals surface area contributed by atoms with E-state index in [0.717, 1.165) is 43.9 Å². The largest absolute Gasteiger partial charge is 0.491 e. The number of amides is 2. The summed E-state index contributed by atoms with van der Waals surface area (Å²) >= 11 is 0. The van der Waals surface area contributed by atoms with Gasteiger partial charge in [0.25, 0.3) is 0 Å². The zero-order valence-corrected chi connectivity index (χ0v) is 15.4. The van der Waals surface area contributed by atoms with Crippen LogP contribution in [0.5, 0.6) is 5.75 Å². The van der Waals surface area contributed by atoms with E-state index < -0.39 is 0 Å². The number of hydrogen-bond donors (Lipinski definition) is 1. The van der Waals surface area contributed by atoms with Crippen molar-refractivity contribution in [2.24, 2.45) is 0 Å². The molecule has 25 heavy (non-hydrogen) atoms. The normalized spacial score (nSPS) is 21.8. The van der Waals surface area contributed by atoms with Gasteiger partial charge in [0.15, 0.2) is 0 Å². The van der Waals surface area contributed by atoms with Crippen molar-refractivity contribution in [3.05, 3.63) is 42.0 Å². The average molecular weight is 343 g/mol. The van der Waals surface area contributed by atoms with E-state index >= 15 is 0 Å². The molecule has 0 saturated carbocycles. The van der Waals surface area contributed by atoms with Crippen molar-refractivity contribution in [1.82, 2.24) is 15.1 Å². The third-order valence-corrected chi connectivity index (χ3v) is 4.91. The number of likely N-dealkylation sites (tertiary alicyclic amines) is 1. The van der Waals surface area contributed by atoms with E-state index in [1.807, 2.05) is 49.9 Å². The second-order valence-electron chi connectivity index (χ2n) is 7.22. The van der Waals surface area contributed by atoms with Crippen LogP contribution in [-0.2, 0) is 0 Å². The fourth-order valence-corrected chi connectivity index (χ4v) is 3.48. The lowest BCUT2D eigenvalue weighted by Crippen LogP contribution is -2.42. The predicted molar refractivity (Wildman–Crippen MR) is 99.8 cm³/mol. The van der Waals surface area contributed by atoms with Gasteiger partial charge in [0.2, 0.25) is 0 Å². The molecule has 2 atom stereocenters. The number of ether oxygens (including phenoxy) is 1. The summed E-state index contributed by atoms with van der Waals surface area (Å²) in [6.07, 6.45) is 5.64. The van der Waals surface area contributed by atoms with Crippen molar-refractivity contribution in [3.8, 4) is 5.75 Å². The third-order valence-electron chi connectivity index (χ3n) is 4.91. The summed E-state index contributed by atoms with van der Waals surface area (Å²) in [5.74, 6) is 0.860. The highest BCUT2D eigenvalue weighted by molar-refractivity contribution is 5.75. The summed E-state index contributed by atoms with van der Waals surface area (Å²) in [5.41, 5.74) is 1.09. The summed E-state index contributed by atoms with van der Waals surface area (Å²) in [5, 5.41) is 3.12. The van der Waals surface area contributed by atoms with E-state index in [-0.39, 0.29) is 18.2 Å². The predicted octanol–water partition coefficient (Wildman–Crippen LogP) is 3.19. The fourth-order valence-electron chi connectivity index (χ4n) is 3.48. The maximum atomic E-state index is 12.6. The van der Waals surface area contributed by atoms with Gasteiger partial charge in [-0.1, -0.05) is 24.3 Å². The monoisotopic (exact) mass is 343 g/mol. The molecule has 5 heteroatoms. The summed E-state index contributed by atoms with van der Waals surface area (Å²) in [6.45, 7) is 9.73. The van der Waals surface area contributed by atoms with Gasteiger partial charge in [-0.25, -0.2) is 4.79 Å². The second-order valence-corrected chi connectivity index (χ2v) is 7.22. The van der Waals surface area contributed by atoms with Gasteiger partial charge < -0.3 is 15.0 Å². The van der Waals surface area contributed by atoms with Crippen LogP contribution in [0.1, 0.15) is 38.8 Å². The van der Waals surface area contributed by atoms with Crippen LogP contribution in [0, 0.1) is 0 Å². The molecule has 2 aliphatic rings. The van der Waals surface area contributed by atoms with Crippen molar-refractivity contribution in [2.75, 3.05) is 26.2 Å². The van der Waals surface area contributed by atoms with E-state index in [1.165, 1.54) is 0 Å². The Morgan fingerprint density at radius 2 is 1.84 bits per heavy atom. The number of carbonyl (C=O) groups excluding carboxylic acids is 1. The van der Waals surface area contributed by atoms with E-state index in [0.29, 0.717) is 6.04 Å². The lowest BCUT2D eigenvalue weighted by molar-refractivity contribution is 0.197. The van der Waals surface area contributed by atoms with Crippen LogP contribution in [-0.4, -0.2) is 54.2 Å². The number of benzene rings is 1. The Labute approximate surface area is 150 Å². The average Bonchev–Trinajstić information content (AvgIpc) is 3.26. The van der Waals surface area contributed by atoms with Gasteiger partial charge in [-0.05, 0) is 44.9 Å². The second kappa shape index (κ2) is 7.91. The van der Waals surface area contributed by atoms with Gasteiger partial charge >= 0.3 is 6.03 Å². The highest BCUT2D eigenvalue weighted by Gasteiger charge is 2.30. The number of hydrogen-bond acceptors (Lipinski definition) is 3. The van der Waals surface area contributed by atoms with Crippen LogP contribution in [0.15, 0.2) is 36.4 Å². The molecular weight excluding hydrogens is 314 g/mol. The zero-order chi connectivity index (χ0) is 17.8. The van der Waals surface area contributed by atoms with E-state index in [2.05, 4.69) is 22.4 Å². The zero-order valence-electron chi connectivity index (χ0n) is 15.4. The maximum Gasteiger partial charge on any atom is 0.317 e. The van der Waals surface area contributed by atoms with Crippen LogP contribution in [0.3, 0.4) is 0 Å². The van der Waals surface area contributed by atoms with Crippen LogP contribution in [0.4, 0.5) is 4.79 Å². The molecule has 1 aromatic rings. The van der Waals surface area contributed by atoms with Crippen LogP contribution < -0.4 is 10.1 Å². The van der Waals surface area contributed by atoms with E-state index in [9.17, 15) is 4.79 Å². The number of nitrogens with one attached hydrogen (secondary N) is 1. The maximum absolute atomic E-state index is 12.6. The molecule has 0 bridgehead atoms. The molecule has 136 valence electrons. The Morgan fingerprint density at radius 3 is 2.48 bits per heavy atom. The van der Waals surface area contributed by atoms with Crippen molar-refractivity contribution in [3.63, 3.8) is 0 Å². The SMILES string of the molecule is CC(C)Oc1ccc([C@@H](C)NC(=O)N2CC[C@H](N3CC=CC3)C2)cc1. The fraction of sp³-hybridized carbons (Fsp3) is 0.550. The van der Waals surface area contributed by atoms with Gasteiger partial charge in [0.1, 0.15) is 5.75 Å². The smallest absolute Gasteiger partial charge is 0.317 e. The van der Waals surface area contributed by atoms with Crippen molar-refractivity contribution in [2.45, 2.75) is 45.4 Å². The molecule has 0 radical (unpaired) electrons. The molecule has 2 heterocycles. The molecule has 0 aromatic heterocycles. The van der Waals surface area contributed by atoms with Gasteiger partial charge in [-0.3, -0.25) is 4.90 Å². The van der Waals surface area contributed by atoms with Crippen LogP contribution in [0.2, 0.25) is 0 Å². The number of rotatable bonds is 5. The molecule has 0 spiro atoms. The first-order valence-corrected chi connectivity index (χ1v) is 9.24. The minimum atomic E-state index is -0.0203. The first-order valence-electron chi connectivity index (χ1n) is 9.24. The number of carbonyl (C=O) groups is 1. The standard InChI is InChI=1S/C20H29N3O2/c1-15(2)25-19-8-6-17(7-9-19)16(3)21-20(24)23-13-10-18(14-23)22-11-4-5-12-22/h4-9,15-16,18H,10-14H2,1-3H3,(H,21,24)/t16-,18+/m1/s1. The summed E-state index contributed by atoms with van der Waals surface area (Å²) in [7, 11) is 0. The van der Waals surface area contributed by atoms with Gasteiger partial charge in [0, 0.05) is 32.2 Å². The molecule has 5 nitrogen and oxygen atoms in total. The molecule has 0 aliphatic carbocycles. The topological polar surface area (TPSA) is 44.8 Å². The summed E-state index contributed by atoms with van der Waals surface area (Å²) in [6, 6.07) is 8.46. The lowest BCUT2D eigenvalue weighted by Gasteiger charge is -2.25. The van der Waals surface area contributed by atoms with Crippen LogP contribution in [0.25, 0.3) is 0 Å². The summed E-state index contributed by atoms with van der Waals surface area (Å²) < 4.78 is 5.67. The first-order chi connectivity index (χ1) is 12.0. The summed E-state index contributed by atoms with van der Waals surface area (Å²) in [4.78, 5) is 16.9. The number of nitrogens with zero attached hydrogens (tertiary/aromatic N) is 2. The molecule has 2 aliphatic heterocycles. The number of urea groups is 1. The first kappa shape index (κ1) is 17.8. The minimum Gasteiger partial charge on any atom is -0.491 e. The third kappa shape index (κ3) is 4.54. The van der Waals surface area contributed by atoms with Crippen molar-refractivity contribution >= 4 is 6.03 Å². The Morgan fingerprint density at radius 1 is 1.16 bits per heavy atom. The Balaban J connectivity index is 1.50.